The lowest BCUT2D eigenvalue weighted by molar-refractivity contribution is -0.0778. The van der Waals surface area contributed by atoms with Gasteiger partial charge in [-0.3, -0.25) is 4.57 Å². The molecule has 0 N–H and O–H groups in total. The van der Waals surface area contributed by atoms with Gasteiger partial charge in [0.25, 0.3) is 5.17 Å². The number of imidazole rings is 1. The molecule has 6 nitrogen and oxygen atoms in total. The van der Waals surface area contributed by atoms with Gasteiger partial charge in [-0.15, -0.1) is 0 Å². The Balaban J connectivity index is 1.67. The van der Waals surface area contributed by atoms with Crippen molar-refractivity contribution in [3.8, 4) is 0 Å². The molecule has 5 atom stereocenters. The van der Waals surface area contributed by atoms with E-state index in [0.29, 0.717) is 11.8 Å². The van der Waals surface area contributed by atoms with E-state index in [2.05, 4.69) is 79.6 Å². The van der Waals surface area contributed by atoms with Crippen molar-refractivity contribution in [1.82, 2.24) is 9.55 Å². The molecule has 0 amide bonds. The van der Waals surface area contributed by atoms with Crippen LogP contribution in [0.2, 0.25) is 36.3 Å². The van der Waals surface area contributed by atoms with Gasteiger partial charge in [-0.05, 0) is 80.6 Å². The van der Waals surface area contributed by atoms with E-state index in [4.69, 9.17) is 30.5 Å². The van der Waals surface area contributed by atoms with Crippen LogP contribution in [-0.2, 0) is 18.3 Å². The van der Waals surface area contributed by atoms with Crippen molar-refractivity contribution in [2.75, 3.05) is 6.61 Å². The minimum atomic E-state index is -2.04. The SMILES string of the molecule is CC(C)(C)[Si](C)(C)O[C@H]1CCC[C@@]23O[C@]2(COC(=S)n2ccnc2)[C@@H](O[Si](C)(C)C(C)(C)C)CC[C@]13C. The third kappa shape index (κ3) is 4.73. The highest BCUT2D eigenvalue weighted by atomic mass is 32.1. The molecular weight excluding hydrogens is 517 g/mol. The van der Waals surface area contributed by atoms with Crippen LogP contribution >= 0.6 is 12.2 Å². The predicted octanol–water partition coefficient (Wildman–Crippen LogP) is 7.31. The zero-order chi connectivity index (χ0) is 27.7. The highest BCUT2D eigenvalue weighted by Crippen LogP contribution is 2.72. The van der Waals surface area contributed by atoms with Crippen LogP contribution in [0.5, 0.6) is 0 Å². The first-order valence-electron chi connectivity index (χ1n) is 14.0. The van der Waals surface area contributed by atoms with Crippen molar-refractivity contribution in [1.29, 1.82) is 0 Å². The number of thiocarbonyl (C=S) groups is 1. The molecule has 2 heterocycles. The van der Waals surface area contributed by atoms with E-state index in [9.17, 15) is 0 Å². The van der Waals surface area contributed by atoms with Gasteiger partial charge in [0.1, 0.15) is 18.5 Å². The molecule has 0 bridgehead atoms. The topological polar surface area (TPSA) is 58.0 Å². The zero-order valence-corrected chi connectivity index (χ0v) is 27.9. The van der Waals surface area contributed by atoms with E-state index in [-0.39, 0.29) is 33.3 Å². The Kier molecular flexibility index (Phi) is 7.33. The molecule has 0 aromatic carbocycles. The van der Waals surface area contributed by atoms with Gasteiger partial charge in [0.05, 0.1) is 12.2 Å². The predicted molar refractivity (Wildman–Crippen MR) is 158 cm³/mol. The number of hydrogen-bond donors (Lipinski definition) is 0. The van der Waals surface area contributed by atoms with Crippen molar-refractivity contribution in [2.45, 2.75) is 140 Å². The molecule has 1 aromatic heterocycles. The lowest BCUT2D eigenvalue weighted by atomic mass is 9.54. The van der Waals surface area contributed by atoms with Crippen molar-refractivity contribution in [3.63, 3.8) is 0 Å². The summed E-state index contributed by atoms with van der Waals surface area (Å²) in [5.74, 6) is 0. The molecule has 1 aromatic rings. The van der Waals surface area contributed by atoms with Crippen molar-refractivity contribution in [3.05, 3.63) is 18.7 Å². The van der Waals surface area contributed by atoms with Crippen LogP contribution < -0.4 is 0 Å². The molecule has 0 unspecified atom stereocenters. The van der Waals surface area contributed by atoms with Crippen LogP contribution in [0.3, 0.4) is 0 Å². The molecule has 37 heavy (non-hydrogen) atoms. The van der Waals surface area contributed by atoms with Crippen LogP contribution in [0.4, 0.5) is 0 Å². The van der Waals surface area contributed by atoms with E-state index in [1.165, 1.54) is 0 Å². The fraction of sp³-hybridized carbons (Fsp3) is 0.857. The summed E-state index contributed by atoms with van der Waals surface area (Å²) < 4.78 is 29.4. The molecule has 1 spiro atoms. The standard InChI is InChI=1S/C28H50N2O4SSi2/c1-24(2,3)36(8,9)32-21-13-12-15-28-26(21,7)16-14-22(33-37(10,11)25(4,5)6)27(28,34-28)19-31-23(35)30-18-17-29-20-30/h17-18,20-22H,12-16,19H2,1-11H3/t21-,22-,26+,27+,28-/m0/s1. The Morgan fingerprint density at radius 1 is 1.00 bits per heavy atom. The quantitative estimate of drug-likeness (QED) is 0.204. The minimum absolute atomic E-state index is 0.0151. The largest absolute Gasteiger partial charge is 0.467 e. The number of epoxide rings is 1. The summed E-state index contributed by atoms with van der Waals surface area (Å²) in [6, 6.07) is 0. The highest BCUT2D eigenvalue weighted by Gasteiger charge is 2.84. The van der Waals surface area contributed by atoms with Gasteiger partial charge in [0.2, 0.25) is 0 Å². The molecule has 3 aliphatic rings. The van der Waals surface area contributed by atoms with Crippen LogP contribution in [0.15, 0.2) is 18.7 Å². The summed E-state index contributed by atoms with van der Waals surface area (Å²) in [5.41, 5.74) is -0.926. The van der Waals surface area contributed by atoms with E-state index in [1.54, 1.807) is 17.1 Å². The smallest absolute Gasteiger partial charge is 0.269 e. The van der Waals surface area contributed by atoms with Crippen molar-refractivity contribution < 1.29 is 18.3 Å². The number of nitrogens with zero attached hydrogens (tertiary/aromatic N) is 2. The van der Waals surface area contributed by atoms with Gasteiger partial charge < -0.3 is 18.3 Å². The minimum Gasteiger partial charge on any atom is -0.467 e. The molecule has 9 heteroatoms. The van der Waals surface area contributed by atoms with Gasteiger partial charge in [-0.1, -0.05) is 48.5 Å². The van der Waals surface area contributed by atoms with Gasteiger partial charge >= 0.3 is 0 Å². The summed E-state index contributed by atoms with van der Waals surface area (Å²) in [4.78, 5) is 4.13. The Morgan fingerprint density at radius 2 is 1.59 bits per heavy atom. The maximum atomic E-state index is 7.18. The summed E-state index contributed by atoms with van der Waals surface area (Å²) in [6.07, 6.45) is 10.6. The van der Waals surface area contributed by atoms with E-state index in [0.717, 1.165) is 32.1 Å². The third-order valence-corrected chi connectivity index (χ3v) is 20.0. The summed E-state index contributed by atoms with van der Waals surface area (Å²) in [5, 5.41) is 0.684. The van der Waals surface area contributed by atoms with Gasteiger partial charge in [-0.2, -0.15) is 0 Å². The second kappa shape index (κ2) is 9.23. The number of ether oxygens (including phenoxy) is 2. The fourth-order valence-electron chi connectivity index (χ4n) is 6.16. The molecule has 210 valence electrons. The van der Waals surface area contributed by atoms with E-state index >= 15 is 0 Å². The average molecular weight is 567 g/mol. The van der Waals surface area contributed by atoms with Crippen LogP contribution in [0.1, 0.15) is 80.6 Å². The maximum Gasteiger partial charge on any atom is 0.269 e. The second-order valence-corrected chi connectivity index (χ2v) is 24.8. The lowest BCUT2D eigenvalue weighted by Gasteiger charge is -2.55. The van der Waals surface area contributed by atoms with Crippen LogP contribution in [0.25, 0.3) is 0 Å². The second-order valence-electron chi connectivity index (χ2n) is 14.9. The highest BCUT2D eigenvalue weighted by molar-refractivity contribution is 7.80. The Bertz CT molecular complexity index is 1000. The monoisotopic (exact) mass is 566 g/mol. The average Bonchev–Trinajstić information content (AvgIpc) is 3.12. The molecule has 0 radical (unpaired) electrons. The maximum absolute atomic E-state index is 7.18. The van der Waals surface area contributed by atoms with Crippen molar-refractivity contribution >= 4 is 34.0 Å². The molecule has 3 fully saturated rings. The molecule has 2 saturated carbocycles. The zero-order valence-electron chi connectivity index (χ0n) is 25.1. The Morgan fingerprint density at radius 3 is 2.14 bits per heavy atom. The number of rotatable bonds is 6. The first-order valence-corrected chi connectivity index (χ1v) is 20.3. The van der Waals surface area contributed by atoms with E-state index < -0.39 is 22.2 Å². The summed E-state index contributed by atoms with van der Waals surface area (Å²) >= 11 is 5.62. The summed E-state index contributed by atoms with van der Waals surface area (Å²) in [7, 11) is -3.99. The molecular formula is C28H50N2O4SSi2. The Hall–Kier alpha value is -0.586. The first-order chi connectivity index (χ1) is 16.8. The number of hydrogen-bond acceptors (Lipinski definition) is 6. The van der Waals surface area contributed by atoms with Gasteiger partial charge in [0, 0.05) is 17.8 Å². The fourth-order valence-corrected chi connectivity index (χ4v) is 9.14. The normalized spacial score (nSPS) is 34.5. The van der Waals surface area contributed by atoms with Gasteiger partial charge in [-0.25, -0.2) is 4.98 Å². The number of aromatic nitrogens is 2. The van der Waals surface area contributed by atoms with Crippen molar-refractivity contribution in [2.24, 2.45) is 5.41 Å². The molecule has 4 rings (SSSR count). The van der Waals surface area contributed by atoms with E-state index in [1.807, 2.05) is 6.20 Å². The van der Waals surface area contributed by atoms with Crippen LogP contribution in [-0.4, -0.2) is 61.4 Å². The lowest BCUT2D eigenvalue weighted by Crippen LogP contribution is -2.64. The molecule has 2 aliphatic carbocycles. The molecule has 1 saturated heterocycles. The first kappa shape index (κ1) is 29.4. The summed E-state index contributed by atoms with van der Waals surface area (Å²) in [6.45, 7) is 26.1. The van der Waals surface area contributed by atoms with Crippen LogP contribution in [0, 0.1) is 5.41 Å². The third-order valence-electron chi connectivity index (χ3n) is 10.7. The van der Waals surface area contributed by atoms with Gasteiger partial charge in [0.15, 0.2) is 22.2 Å². The Labute approximate surface area is 232 Å². The molecule has 1 aliphatic heterocycles.